The van der Waals surface area contributed by atoms with Crippen LogP contribution in [-0.4, -0.2) is 35.8 Å². The number of rotatable bonds is 3. The summed E-state index contributed by atoms with van der Waals surface area (Å²) >= 11 is 0. The molecule has 0 aromatic rings. The van der Waals surface area contributed by atoms with Crippen LogP contribution < -0.4 is 5.32 Å². The molecule has 0 saturated carbocycles. The highest BCUT2D eigenvalue weighted by molar-refractivity contribution is 6.04. The molecule has 0 aromatic heterocycles. The molecule has 102 valence electrons. The van der Waals surface area contributed by atoms with Gasteiger partial charge in [0.1, 0.15) is 0 Å². The molecule has 0 aliphatic carbocycles. The maximum atomic E-state index is 12.1. The zero-order valence-corrected chi connectivity index (χ0v) is 11.6. The Bertz CT molecular complexity index is 323. The molecule has 4 atom stereocenters. The van der Waals surface area contributed by atoms with Gasteiger partial charge in [0.2, 0.25) is 11.8 Å². The highest BCUT2D eigenvalue weighted by Crippen LogP contribution is 2.28. The standard InChI is InChI=1S/C14H24N2O2/c1-4-11-6-5-7-15-12(11)8-16-13(17)9(2)10(3)14(16)18/h9-12,15H,4-8H2,1-3H3. The molecule has 2 aliphatic rings. The summed E-state index contributed by atoms with van der Waals surface area (Å²) in [5.74, 6) is 0.303. The first kappa shape index (κ1) is 13.5. The predicted octanol–water partition coefficient (Wildman–Crippen LogP) is 1.41. The second-order valence-corrected chi connectivity index (χ2v) is 5.74. The molecule has 2 fully saturated rings. The van der Waals surface area contributed by atoms with E-state index >= 15 is 0 Å². The van der Waals surface area contributed by atoms with Crippen LogP contribution in [0, 0.1) is 17.8 Å². The molecule has 2 heterocycles. The second kappa shape index (κ2) is 5.39. The number of likely N-dealkylation sites (tertiary alicyclic amines) is 1. The van der Waals surface area contributed by atoms with Crippen molar-refractivity contribution in [3.8, 4) is 0 Å². The van der Waals surface area contributed by atoms with Gasteiger partial charge in [-0.25, -0.2) is 0 Å². The van der Waals surface area contributed by atoms with Gasteiger partial charge in [0.05, 0.1) is 0 Å². The monoisotopic (exact) mass is 252 g/mol. The summed E-state index contributed by atoms with van der Waals surface area (Å²) in [6.07, 6.45) is 3.51. The molecule has 2 amide bonds. The van der Waals surface area contributed by atoms with Gasteiger partial charge in [-0.3, -0.25) is 14.5 Å². The van der Waals surface area contributed by atoms with E-state index in [0.29, 0.717) is 12.5 Å². The number of nitrogens with zero attached hydrogens (tertiary/aromatic N) is 1. The van der Waals surface area contributed by atoms with E-state index in [0.717, 1.165) is 13.0 Å². The number of piperidine rings is 1. The third-order valence-corrected chi connectivity index (χ3v) is 4.69. The molecular formula is C14H24N2O2. The fourth-order valence-electron chi connectivity index (χ4n) is 3.13. The van der Waals surface area contributed by atoms with Gasteiger partial charge in [0, 0.05) is 24.4 Å². The van der Waals surface area contributed by atoms with Gasteiger partial charge in [-0.15, -0.1) is 0 Å². The van der Waals surface area contributed by atoms with Crippen LogP contribution in [0.4, 0.5) is 0 Å². The van der Waals surface area contributed by atoms with Gasteiger partial charge >= 0.3 is 0 Å². The van der Waals surface area contributed by atoms with Gasteiger partial charge < -0.3 is 5.32 Å². The van der Waals surface area contributed by atoms with E-state index in [2.05, 4.69) is 12.2 Å². The number of carbonyl (C=O) groups excluding carboxylic acids is 2. The van der Waals surface area contributed by atoms with Crippen molar-refractivity contribution in [2.24, 2.45) is 17.8 Å². The molecule has 0 aromatic carbocycles. The minimum atomic E-state index is -0.152. The van der Waals surface area contributed by atoms with Crippen LogP contribution in [0.15, 0.2) is 0 Å². The molecule has 2 aliphatic heterocycles. The van der Waals surface area contributed by atoms with Crippen LogP contribution in [0.2, 0.25) is 0 Å². The Hall–Kier alpha value is -0.900. The Kier molecular flexibility index (Phi) is 4.05. The number of hydrogen-bond donors (Lipinski definition) is 1. The SMILES string of the molecule is CCC1CCCNC1CN1C(=O)C(C)C(C)C1=O. The summed E-state index contributed by atoms with van der Waals surface area (Å²) in [6, 6.07) is 0.286. The maximum absolute atomic E-state index is 12.1. The first-order valence-electron chi connectivity index (χ1n) is 7.14. The van der Waals surface area contributed by atoms with Crippen LogP contribution in [0.1, 0.15) is 40.0 Å². The van der Waals surface area contributed by atoms with Crippen LogP contribution in [0.3, 0.4) is 0 Å². The zero-order chi connectivity index (χ0) is 13.3. The van der Waals surface area contributed by atoms with E-state index < -0.39 is 0 Å². The minimum Gasteiger partial charge on any atom is -0.312 e. The first-order chi connectivity index (χ1) is 8.56. The van der Waals surface area contributed by atoms with Crippen molar-refractivity contribution in [1.29, 1.82) is 0 Å². The number of imide groups is 1. The average Bonchev–Trinajstić information content (AvgIpc) is 2.57. The average molecular weight is 252 g/mol. The lowest BCUT2D eigenvalue weighted by Crippen LogP contribution is -2.50. The van der Waals surface area contributed by atoms with Crippen LogP contribution in [-0.2, 0) is 9.59 Å². The molecule has 1 N–H and O–H groups in total. The van der Waals surface area contributed by atoms with Crippen molar-refractivity contribution in [3.63, 3.8) is 0 Å². The van der Waals surface area contributed by atoms with Crippen molar-refractivity contribution >= 4 is 11.8 Å². The highest BCUT2D eigenvalue weighted by atomic mass is 16.2. The van der Waals surface area contributed by atoms with E-state index in [-0.39, 0.29) is 29.7 Å². The predicted molar refractivity (Wildman–Crippen MR) is 69.9 cm³/mol. The molecule has 0 spiro atoms. The normalized spacial score (nSPS) is 37.4. The summed E-state index contributed by atoms with van der Waals surface area (Å²) in [7, 11) is 0. The van der Waals surface area contributed by atoms with Crippen molar-refractivity contribution < 1.29 is 9.59 Å². The van der Waals surface area contributed by atoms with E-state index in [4.69, 9.17) is 0 Å². The molecule has 18 heavy (non-hydrogen) atoms. The molecule has 4 unspecified atom stereocenters. The van der Waals surface area contributed by atoms with Crippen molar-refractivity contribution in [1.82, 2.24) is 10.2 Å². The van der Waals surface area contributed by atoms with Crippen LogP contribution in [0.5, 0.6) is 0 Å². The van der Waals surface area contributed by atoms with Gasteiger partial charge in [0.15, 0.2) is 0 Å². The van der Waals surface area contributed by atoms with E-state index in [1.807, 2.05) is 13.8 Å². The summed E-state index contributed by atoms with van der Waals surface area (Å²) in [4.78, 5) is 25.6. The summed E-state index contributed by atoms with van der Waals surface area (Å²) in [5.41, 5.74) is 0. The quantitative estimate of drug-likeness (QED) is 0.773. The van der Waals surface area contributed by atoms with E-state index in [1.165, 1.54) is 17.7 Å². The smallest absolute Gasteiger partial charge is 0.232 e. The molecule has 2 rings (SSSR count). The van der Waals surface area contributed by atoms with Crippen LogP contribution >= 0.6 is 0 Å². The van der Waals surface area contributed by atoms with Gasteiger partial charge in [-0.1, -0.05) is 27.2 Å². The van der Waals surface area contributed by atoms with Crippen LogP contribution in [0.25, 0.3) is 0 Å². The molecule has 2 saturated heterocycles. The van der Waals surface area contributed by atoms with Gasteiger partial charge in [-0.05, 0) is 25.3 Å². The van der Waals surface area contributed by atoms with Gasteiger partial charge in [-0.2, -0.15) is 0 Å². The Morgan fingerprint density at radius 3 is 2.39 bits per heavy atom. The summed E-state index contributed by atoms with van der Waals surface area (Å²) in [6.45, 7) is 7.46. The Morgan fingerprint density at radius 2 is 1.83 bits per heavy atom. The Balaban J connectivity index is 2.04. The maximum Gasteiger partial charge on any atom is 0.232 e. The lowest BCUT2D eigenvalue weighted by atomic mass is 9.88. The largest absolute Gasteiger partial charge is 0.312 e. The fraction of sp³-hybridized carbons (Fsp3) is 0.857. The number of nitrogens with one attached hydrogen (secondary N) is 1. The lowest BCUT2D eigenvalue weighted by molar-refractivity contribution is -0.140. The third-order valence-electron chi connectivity index (χ3n) is 4.69. The molecule has 0 radical (unpaired) electrons. The van der Waals surface area contributed by atoms with Crippen molar-refractivity contribution in [2.45, 2.75) is 46.1 Å². The Morgan fingerprint density at radius 1 is 1.22 bits per heavy atom. The fourth-order valence-corrected chi connectivity index (χ4v) is 3.13. The number of hydrogen-bond acceptors (Lipinski definition) is 3. The highest BCUT2D eigenvalue weighted by Gasteiger charge is 2.43. The summed E-state index contributed by atoms with van der Waals surface area (Å²) in [5, 5.41) is 3.47. The van der Waals surface area contributed by atoms with Crippen molar-refractivity contribution in [3.05, 3.63) is 0 Å². The summed E-state index contributed by atoms with van der Waals surface area (Å²) < 4.78 is 0. The minimum absolute atomic E-state index is 0.00901. The molecule has 4 nitrogen and oxygen atoms in total. The molecular weight excluding hydrogens is 228 g/mol. The van der Waals surface area contributed by atoms with E-state index in [1.54, 1.807) is 0 Å². The van der Waals surface area contributed by atoms with E-state index in [9.17, 15) is 9.59 Å². The van der Waals surface area contributed by atoms with Crippen molar-refractivity contribution in [2.75, 3.05) is 13.1 Å². The second-order valence-electron chi connectivity index (χ2n) is 5.74. The molecule has 0 bridgehead atoms. The zero-order valence-electron chi connectivity index (χ0n) is 11.6. The molecule has 4 heteroatoms. The number of amides is 2. The topological polar surface area (TPSA) is 49.4 Å². The van der Waals surface area contributed by atoms with Gasteiger partial charge in [0.25, 0.3) is 0 Å². The number of carbonyl (C=O) groups is 2. The third kappa shape index (κ3) is 2.30. The Labute approximate surface area is 109 Å². The lowest BCUT2D eigenvalue weighted by Gasteiger charge is -2.34. The first-order valence-corrected chi connectivity index (χ1v) is 7.14.